The second-order valence-electron chi connectivity index (χ2n) is 4.39. The molecule has 0 radical (unpaired) electrons. The van der Waals surface area contributed by atoms with Gasteiger partial charge in [-0.3, -0.25) is 4.79 Å². The normalized spacial score (nSPS) is 10.2. The number of benzene rings is 2. The van der Waals surface area contributed by atoms with E-state index in [-0.39, 0.29) is 5.91 Å². The van der Waals surface area contributed by atoms with E-state index in [0.29, 0.717) is 22.7 Å². The molecule has 0 aliphatic rings. The number of amides is 1. The van der Waals surface area contributed by atoms with Gasteiger partial charge in [-0.2, -0.15) is 0 Å². The van der Waals surface area contributed by atoms with Gasteiger partial charge in [0.1, 0.15) is 5.75 Å². The van der Waals surface area contributed by atoms with Crippen LogP contribution in [-0.2, 0) is 0 Å². The quantitative estimate of drug-likeness (QED) is 0.843. The van der Waals surface area contributed by atoms with Gasteiger partial charge in [0, 0.05) is 15.8 Å². The van der Waals surface area contributed by atoms with Crippen molar-refractivity contribution >= 4 is 33.2 Å². The molecule has 0 fully saturated rings. The van der Waals surface area contributed by atoms with Crippen molar-refractivity contribution in [3.05, 3.63) is 52.0 Å². The second-order valence-corrected chi connectivity index (χ2v) is 5.25. The molecule has 2 aromatic carbocycles. The fourth-order valence-corrected chi connectivity index (χ4v) is 2.07. The number of ether oxygens (including phenoxy) is 1. The first-order valence-corrected chi connectivity index (χ1v) is 6.81. The Balaban J connectivity index is 2.27. The summed E-state index contributed by atoms with van der Waals surface area (Å²) in [6.07, 6.45) is 0. The SMILES string of the molecule is COc1ccc(C)cc1C(=O)Nc1ccc(Br)c(N)c1. The van der Waals surface area contributed by atoms with Crippen LogP contribution in [-0.4, -0.2) is 13.0 Å². The lowest BCUT2D eigenvalue weighted by atomic mass is 10.1. The molecule has 0 atom stereocenters. The molecule has 0 bridgehead atoms. The van der Waals surface area contributed by atoms with E-state index < -0.39 is 0 Å². The summed E-state index contributed by atoms with van der Waals surface area (Å²) < 4.78 is 6.00. The van der Waals surface area contributed by atoms with E-state index in [1.807, 2.05) is 13.0 Å². The van der Waals surface area contributed by atoms with Crippen molar-refractivity contribution < 1.29 is 9.53 Å². The number of anilines is 2. The number of halogens is 1. The molecule has 0 spiro atoms. The van der Waals surface area contributed by atoms with Crippen molar-refractivity contribution in [1.29, 1.82) is 0 Å². The average Bonchev–Trinajstić information content (AvgIpc) is 2.43. The minimum atomic E-state index is -0.229. The Hall–Kier alpha value is -2.01. The number of hydrogen-bond donors (Lipinski definition) is 2. The van der Waals surface area contributed by atoms with E-state index in [1.54, 1.807) is 37.4 Å². The number of nitrogens with two attached hydrogens (primary N) is 1. The highest BCUT2D eigenvalue weighted by atomic mass is 79.9. The first kappa shape index (κ1) is 14.4. The molecule has 0 saturated heterocycles. The molecule has 0 unspecified atom stereocenters. The highest BCUT2D eigenvalue weighted by molar-refractivity contribution is 9.10. The Morgan fingerprint density at radius 2 is 2.00 bits per heavy atom. The van der Waals surface area contributed by atoms with Gasteiger partial charge < -0.3 is 15.8 Å². The third-order valence-electron chi connectivity index (χ3n) is 2.85. The molecule has 1 amide bonds. The summed E-state index contributed by atoms with van der Waals surface area (Å²) >= 11 is 3.32. The van der Waals surface area contributed by atoms with E-state index >= 15 is 0 Å². The largest absolute Gasteiger partial charge is 0.496 e. The molecular formula is C15H15BrN2O2. The summed E-state index contributed by atoms with van der Waals surface area (Å²) in [5.74, 6) is 0.311. The second kappa shape index (κ2) is 5.96. The highest BCUT2D eigenvalue weighted by Gasteiger charge is 2.13. The fraction of sp³-hybridized carbons (Fsp3) is 0.133. The lowest BCUT2D eigenvalue weighted by Crippen LogP contribution is -2.13. The smallest absolute Gasteiger partial charge is 0.259 e. The number of rotatable bonds is 3. The predicted molar refractivity (Wildman–Crippen MR) is 84.2 cm³/mol. The van der Waals surface area contributed by atoms with Crippen LogP contribution in [0.2, 0.25) is 0 Å². The first-order valence-electron chi connectivity index (χ1n) is 6.02. The van der Waals surface area contributed by atoms with Gasteiger partial charge in [0.15, 0.2) is 0 Å². The number of hydrogen-bond acceptors (Lipinski definition) is 3. The van der Waals surface area contributed by atoms with Crippen molar-refractivity contribution in [2.75, 3.05) is 18.2 Å². The van der Waals surface area contributed by atoms with Gasteiger partial charge >= 0.3 is 0 Å². The molecule has 20 heavy (non-hydrogen) atoms. The molecule has 0 aromatic heterocycles. The monoisotopic (exact) mass is 334 g/mol. The lowest BCUT2D eigenvalue weighted by molar-refractivity contribution is 0.102. The van der Waals surface area contributed by atoms with Crippen LogP contribution in [0.4, 0.5) is 11.4 Å². The Labute approximate surface area is 126 Å². The minimum absolute atomic E-state index is 0.229. The Morgan fingerprint density at radius 3 is 2.65 bits per heavy atom. The molecule has 104 valence electrons. The van der Waals surface area contributed by atoms with Gasteiger partial charge in [0.2, 0.25) is 0 Å². The van der Waals surface area contributed by atoms with Crippen LogP contribution in [0.1, 0.15) is 15.9 Å². The van der Waals surface area contributed by atoms with Gasteiger partial charge in [-0.25, -0.2) is 0 Å². The number of nitrogen functional groups attached to an aromatic ring is 1. The maximum Gasteiger partial charge on any atom is 0.259 e. The van der Waals surface area contributed by atoms with Crippen LogP contribution < -0.4 is 15.8 Å². The summed E-state index contributed by atoms with van der Waals surface area (Å²) in [6.45, 7) is 1.92. The van der Waals surface area contributed by atoms with Crippen LogP contribution in [0, 0.1) is 6.92 Å². The van der Waals surface area contributed by atoms with E-state index in [1.165, 1.54) is 0 Å². The van der Waals surface area contributed by atoms with Crippen molar-refractivity contribution in [1.82, 2.24) is 0 Å². The summed E-state index contributed by atoms with van der Waals surface area (Å²) in [5, 5.41) is 2.81. The highest BCUT2D eigenvalue weighted by Crippen LogP contribution is 2.25. The molecule has 5 heteroatoms. The summed E-state index contributed by atoms with van der Waals surface area (Å²) in [4.78, 5) is 12.3. The van der Waals surface area contributed by atoms with Crippen molar-refractivity contribution in [2.24, 2.45) is 0 Å². The fourth-order valence-electron chi connectivity index (χ4n) is 1.82. The third kappa shape index (κ3) is 3.11. The van der Waals surface area contributed by atoms with E-state index in [0.717, 1.165) is 10.0 Å². The van der Waals surface area contributed by atoms with Gasteiger partial charge in [-0.05, 0) is 53.2 Å². The summed E-state index contributed by atoms with van der Waals surface area (Å²) in [5.41, 5.74) is 8.49. The number of carbonyl (C=O) groups excluding carboxylic acids is 1. The number of methoxy groups -OCH3 is 1. The van der Waals surface area contributed by atoms with Gasteiger partial charge in [0.25, 0.3) is 5.91 Å². The van der Waals surface area contributed by atoms with Crippen LogP contribution >= 0.6 is 15.9 Å². The zero-order valence-electron chi connectivity index (χ0n) is 11.2. The zero-order chi connectivity index (χ0) is 14.7. The number of aryl methyl sites for hydroxylation is 1. The topological polar surface area (TPSA) is 64.3 Å². The zero-order valence-corrected chi connectivity index (χ0v) is 12.8. The Kier molecular flexibility index (Phi) is 4.29. The van der Waals surface area contributed by atoms with Crippen LogP contribution in [0.5, 0.6) is 5.75 Å². The molecule has 0 aliphatic carbocycles. The molecule has 0 aliphatic heterocycles. The third-order valence-corrected chi connectivity index (χ3v) is 3.58. The van der Waals surface area contributed by atoms with Crippen molar-refractivity contribution in [3.8, 4) is 5.75 Å². The summed E-state index contributed by atoms with van der Waals surface area (Å²) in [6, 6.07) is 10.7. The standard InChI is InChI=1S/C15H15BrN2O2/c1-9-3-6-14(20-2)11(7-9)15(19)18-10-4-5-12(16)13(17)8-10/h3-8H,17H2,1-2H3,(H,18,19). The molecule has 0 heterocycles. The maximum atomic E-state index is 12.3. The molecule has 2 aromatic rings. The molecule has 4 nitrogen and oxygen atoms in total. The lowest BCUT2D eigenvalue weighted by Gasteiger charge is -2.11. The van der Waals surface area contributed by atoms with Crippen molar-refractivity contribution in [3.63, 3.8) is 0 Å². The Bertz CT molecular complexity index is 656. The van der Waals surface area contributed by atoms with Gasteiger partial charge in [0.05, 0.1) is 12.7 Å². The number of nitrogens with one attached hydrogen (secondary N) is 1. The van der Waals surface area contributed by atoms with Crippen LogP contribution in [0.15, 0.2) is 40.9 Å². The summed E-state index contributed by atoms with van der Waals surface area (Å²) in [7, 11) is 1.54. The average molecular weight is 335 g/mol. The van der Waals surface area contributed by atoms with Crippen LogP contribution in [0.3, 0.4) is 0 Å². The molecule has 3 N–H and O–H groups in total. The van der Waals surface area contributed by atoms with E-state index in [4.69, 9.17) is 10.5 Å². The minimum Gasteiger partial charge on any atom is -0.496 e. The van der Waals surface area contributed by atoms with Gasteiger partial charge in [-0.1, -0.05) is 11.6 Å². The number of carbonyl (C=O) groups is 1. The molecule has 0 saturated carbocycles. The Morgan fingerprint density at radius 1 is 1.25 bits per heavy atom. The van der Waals surface area contributed by atoms with Gasteiger partial charge in [-0.15, -0.1) is 0 Å². The maximum absolute atomic E-state index is 12.3. The van der Waals surface area contributed by atoms with E-state index in [9.17, 15) is 4.79 Å². The molecular weight excluding hydrogens is 320 g/mol. The molecule has 2 rings (SSSR count). The van der Waals surface area contributed by atoms with Crippen LogP contribution in [0.25, 0.3) is 0 Å². The first-order chi connectivity index (χ1) is 9.51. The van der Waals surface area contributed by atoms with E-state index in [2.05, 4.69) is 21.2 Å². The van der Waals surface area contributed by atoms with Crippen molar-refractivity contribution in [2.45, 2.75) is 6.92 Å². The predicted octanol–water partition coefficient (Wildman–Crippen LogP) is 3.60.